The van der Waals surface area contributed by atoms with Crippen molar-refractivity contribution >= 4 is 17.2 Å². The van der Waals surface area contributed by atoms with E-state index in [1.807, 2.05) is 49.7 Å². The summed E-state index contributed by atoms with van der Waals surface area (Å²) in [7, 11) is 0. The molecule has 0 aliphatic rings. The molecule has 1 N–H and O–H groups in total. The molecule has 18 heavy (non-hydrogen) atoms. The Hall–Kier alpha value is -1.84. The summed E-state index contributed by atoms with van der Waals surface area (Å²) in [6.45, 7) is 6.03. The number of amides is 1. The lowest BCUT2D eigenvalue weighted by molar-refractivity contribution is -0.120. The number of hydrogen-bond acceptors (Lipinski definition) is 2. The molecule has 0 fully saturated rings. The summed E-state index contributed by atoms with van der Waals surface area (Å²) in [6, 6.07) is 3.80. The van der Waals surface area contributed by atoms with Gasteiger partial charge in [0.25, 0.3) is 0 Å². The second kappa shape index (κ2) is 5.21. The standard InChI is InChI=1S/C14H19N3O/c1-4-11(5-2)14(18)16-12-6-7-13-15-10(3)8-17(13)9-12/h6-9,11H,4-5H2,1-3H3,(H,16,18). The van der Waals surface area contributed by atoms with Gasteiger partial charge in [0.15, 0.2) is 0 Å². The first-order valence-electron chi connectivity index (χ1n) is 6.40. The van der Waals surface area contributed by atoms with E-state index < -0.39 is 0 Å². The Labute approximate surface area is 107 Å². The van der Waals surface area contributed by atoms with Gasteiger partial charge in [-0.1, -0.05) is 13.8 Å². The molecule has 0 saturated carbocycles. The van der Waals surface area contributed by atoms with Crippen molar-refractivity contribution in [3.8, 4) is 0 Å². The summed E-state index contributed by atoms with van der Waals surface area (Å²) in [5, 5.41) is 2.96. The minimum Gasteiger partial charge on any atom is -0.325 e. The summed E-state index contributed by atoms with van der Waals surface area (Å²) in [5.74, 6) is 0.182. The van der Waals surface area contributed by atoms with Crippen molar-refractivity contribution in [3.63, 3.8) is 0 Å². The number of nitrogens with one attached hydrogen (secondary N) is 1. The highest BCUT2D eigenvalue weighted by molar-refractivity contribution is 5.92. The van der Waals surface area contributed by atoms with Gasteiger partial charge in [-0.05, 0) is 31.9 Å². The van der Waals surface area contributed by atoms with E-state index >= 15 is 0 Å². The van der Waals surface area contributed by atoms with Crippen LogP contribution in [-0.4, -0.2) is 15.3 Å². The lowest BCUT2D eigenvalue weighted by Crippen LogP contribution is -2.21. The molecule has 2 aromatic heterocycles. The quantitative estimate of drug-likeness (QED) is 0.900. The molecule has 0 aromatic carbocycles. The Balaban J connectivity index is 2.18. The van der Waals surface area contributed by atoms with Crippen LogP contribution in [0.25, 0.3) is 5.65 Å². The number of nitrogens with zero attached hydrogens (tertiary/aromatic N) is 2. The zero-order valence-electron chi connectivity index (χ0n) is 11.1. The summed E-state index contributed by atoms with van der Waals surface area (Å²) in [6.07, 6.45) is 5.58. The van der Waals surface area contributed by atoms with Crippen molar-refractivity contribution in [2.75, 3.05) is 5.32 Å². The van der Waals surface area contributed by atoms with Gasteiger partial charge in [0.1, 0.15) is 5.65 Å². The first kappa shape index (κ1) is 12.6. The van der Waals surface area contributed by atoms with E-state index in [-0.39, 0.29) is 11.8 Å². The van der Waals surface area contributed by atoms with Crippen LogP contribution in [0.4, 0.5) is 5.69 Å². The molecule has 2 heterocycles. The largest absolute Gasteiger partial charge is 0.325 e. The molecule has 0 aliphatic carbocycles. The van der Waals surface area contributed by atoms with Crippen molar-refractivity contribution in [1.29, 1.82) is 0 Å². The molecule has 0 radical (unpaired) electrons. The molecule has 2 aromatic rings. The van der Waals surface area contributed by atoms with Gasteiger partial charge in [-0.15, -0.1) is 0 Å². The van der Waals surface area contributed by atoms with E-state index in [2.05, 4.69) is 10.3 Å². The highest BCUT2D eigenvalue weighted by Gasteiger charge is 2.14. The average molecular weight is 245 g/mol. The van der Waals surface area contributed by atoms with Crippen molar-refractivity contribution in [2.45, 2.75) is 33.6 Å². The van der Waals surface area contributed by atoms with Gasteiger partial charge in [-0.25, -0.2) is 4.98 Å². The Bertz CT molecular complexity index is 555. The van der Waals surface area contributed by atoms with Gasteiger partial charge in [0.2, 0.25) is 5.91 Å². The zero-order chi connectivity index (χ0) is 13.1. The Morgan fingerprint density at radius 3 is 2.72 bits per heavy atom. The second-order valence-corrected chi connectivity index (χ2v) is 4.57. The maximum Gasteiger partial charge on any atom is 0.227 e. The molecular weight excluding hydrogens is 226 g/mol. The first-order chi connectivity index (χ1) is 8.63. The van der Waals surface area contributed by atoms with E-state index in [1.165, 1.54) is 0 Å². The molecule has 0 aliphatic heterocycles. The van der Waals surface area contributed by atoms with E-state index in [4.69, 9.17) is 0 Å². The topological polar surface area (TPSA) is 46.4 Å². The van der Waals surface area contributed by atoms with Gasteiger partial charge in [0.05, 0.1) is 11.4 Å². The van der Waals surface area contributed by atoms with Crippen molar-refractivity contribution in [2.24, 2.45) is 5.92 Å². The highest BCUT2D eigenvalue weighted by Crippen LogP contribution is 2.15. The molecule has 4 heteroatoms. The number of fused-ring (bicyclic) bond motifs is 1. The number of carbonyl (C=O) groups excluding carboxylic acids is 1. The van der Waals surface area contributed by atoms with Crippen LogP contribution < -0.4 is 5.32 Å². The predicted molar refractivity (Wildman–Crippen MR) is 72.6 cm³/mol. The fraction of sp³-hybridized carbons (Fsp3) is 0.429. The minimum absolute atomic E-state index is 0.0882. The van der Waals surface area contributed by atoms with E-state index in [0.29, 0.717) is 0 Å². The van der Waals surface area contributed by atoms with Gasteiger partial charge in [0, 0.05) is 18.3 Å². The van der Waals surface area contributed by atoms with Crippen LogP contribution in [-0.2, 0) is 4.79 Å². The van der Waals surface area contributed by atoms with Gasteiger partial charge in [-0.3, -0.25) is 4.79 Å². The number of imidazole rings is 1. The molecule has 0 bridgehead atoms. The van der Waals surface area contributed by atoms with Crippen molar-refractivity contribution in [3.05, 3.63) is 30.2 Å². The Morgan fingerprint density at radius 2 is 2.06 bits per heavy atom. The van der Waals surface area contributed by atoms with Gasteiger partial charge < -0.3 is 9.72 Å². The second-order valence-electron chi connectivity index (χ2n) is 4.57. The van der Waals surface area contributed by atoms with Crippen LogP contribution in [0.15, 0.2) is 24.5 Å². The predicted octanol–water partition coefficient (Wildman–Crippen LogP) is 3.02. The highest BCUT2D eigenvalue weighted by atomic mass is 16.1. The van der Waals surface area contributed by atoms with Crippen molar-refractivity contribution < 1.29 is 4.79 Å². The third kappa shape index (κ3) is 2.53. The van der Waals surface area contributed by atoms with E-state index in [0.717, 1.165) is 29.9 Å². The lowest BCUT2D eigenvalue weighted by Gasteiger charge is -2.12. The minimum atomic E-state index is 0.0882. The summed E-state index contributed by atoms with van der Waals surface area (Å²) >= 11 is 0. The average Bonchev–Trinajstić information content (AvgIpc) is 2.70. The number of hydrogen-bond donors (Lipinski definition) is 1. The zero-order valence-corrected chi connectivity index (χ0v) is 11.1. The number of anilines is 1. The molecule has 0 atom stereocenters. The maximum absolute atomic E-state index is 12.0. The van der Waals surface area contributed by atoms with Crippen LogP contribution in [0, 0.1) is 12.8 Å². The summed E-state index contributed by atoms with van der Waals surface area (Å²) in [5.41, 5.74) is 2.68. The Morgan fingerprint density at radius 1 is 1.33 bits per heavy atom. The van der Waals surface area contributed by atoms with Crippen LogP contribution in [0.3, 0.4) is 0 Å². The van der Waals surface area contributed by atoms with Crippen LogP contribution in [0.1, 0.15) is 32.4 Å². The van der Waals surface area contributed by atoms with Gasteiger partial charge >= 0.3 is 0 Å². The molecule has 0 unspecified atom stereocenters. The number of rotatable bonds is 4. The normalized spacial score (nSPS) is 11.1. The SMILES string of the molecule is CCC(CC)C(=O)Nc1ccc2nc(C)cn2c1. The molecule has 2 rings (SSSR count). The Kier molecular flexibility index (Phi) is 3.65. The third-order valence-corrected chi connectivity index (χ3v) is 3.20. The summed E-state index contributed by atoms with van der Waals surface area (Å²) in [4.78, 5) is 16.3. The van der Waals surface area contributed by atoms with Crippen LogP contribution in [0.5, 0.6) is 0 Å². The van der Waals surface area contributed by atoms with Crippen LogP contribution in [0.2, 0.25) is 0 Å². The van der Waals surface area contributed by atoms with E-state index in [1.54, 1.807) is 0 Å². The lowest BCUT2D eigenvalue weighted by atomic mass is 10.0. The van der Waals surface area contributed by atoms with E-state index in [9.17, 15) is 4.79 Å². The first-order valence-corrected chi connectivity index (χ1v) is 6.40. The number of aromatic nitrogens is 2. The molecule has 4 nitrogen and oxygen atoms in total. The number of pyridine rings is 1. The third-order valence-electron chi connectivity index (χ3n) is 3.20. The molecule has 1 amide bonds. The monoisotopic (exact) mass is 245 g/mol. The molecule has 96 valence electrons. The maximum atomic E-state index is 12.0. The fourth-order valence-electron chi connectivity index (χ4n) is 2.10. The van der Waals surface area contributed by atoms with Gasteiger partial charge in [-0.2, -0.15) is 0 Å². The molecular formula is C14H19N3O. The molecule has 0 spiro atoms. The number of aryl methyl sites for hydroxylation is 1. The van der Waals surface area contributed by atoms with Crippen LogP contribution >= 0.6 is 0 Å². The fourth-order valence-corrected chi connectivity index (χ4v) is 2.10. The molecule has 0 saturated heterocycles. The summed E-state index contributed by atoms with van der Waals surface area (Å²) < 4.78 is 1.93. The van der Waals surface area contributed by atoms with Crippen molar-refractivity contribution in [1.82, 2.24) is 9.38 Å². The smallest absolute Gasteiger partial charge is 0.227 e. The number of carbonyl (C=O) groups is 1.